The van der Waals surface area contributed by atoms with E-state index in [0.717, 1.165) is 11.4 Å². The minimum Gasteiger partial charge on any atom is -0.325 e. The van der Waals surface area contributed by atoms with E-state index < -0.39 is 0 Å². The smallest absolute Gasteiger partial charge is 0.0764 e. The van der Waals surface area contributed by atoms with E-state index in [1.807, 2.05) is 12.3 Å². The van der Waals surface area contributed by atoms with Crippen LogP contribution in [0, 0.1) is 0 Å². The van der Waals surface area contributed by atoms with E-state index in [1.165, 1.54) is 0 Å². The maximum atomic E-state index is 5.89. The van der Waals surface area contributed by atoms with Gasteiger partial charge >= 0.3 is 0 Å². The molecule has 0 unspecified atom stereocenters. The van der Waals surface area contributed by atoms with Gasteiger partial charge in [-0.15, -0.1) is 0 Å². The predicted molar refractivity (Wildman–Crippen MR) is 61.5 cm³/mol. The van der Waals surface area contributed by atoms with Crippen LogP contribution in [0.1, 0.15) is 5.69 Å². The Bertz CT molecular complexity index is 459. The molecule has 0 saturated heterocycles. The third-order valence-electron chi connectivity index (χ3n) is 1.97. The van der Waals surface area contributed by atoms with Crippen molar-refractivity contribution >= 4 is 23.2 Å². The van der Waals surface area contributed by atoms with Crippen molar-refractivity contribution < 1.29 is 0 Å². The van der Waals surface area contributed by atoms with E-state index in [-0.39, 0.29) is 0 Å². The summed E-state index contributed by atoms with van der Waals surface area (Å²) in [6, 6.07) is 7.12. The number of benzene rings is 1. The minimum absolute atomic E-state index is 0.418. The lowest BCUT2D eigenvalue weighted by Crippen LogP contribution is -2.00. The van der Waals surface area contributed by atoms with Crippen LogP contribution in [0.15, 0.2) is 30.5 Å². The van der Waals surface area contributed by atoms with Crippen molar-refractivity contribution in [2.24, 2.45) is 5.73 Å². The lowest BCUT2D eigenvalue weighted by atomic mass is 10.3. The second kappa shape index (κ2) is 4.23. The molecule has 2 N–H and O–H groups in total. The summed E-state index contributed by atoms with van der Waals surface area (Å²) >= 11 is 11.8. The first kappa shape index (κ1) is 10.5. The molecule has 1 aromatic heterocycles. The molecule has 0 aliphatic rings. The molecule has 15 heavy (non-hydrogen) atoms. The summed E-state index contributed by atoms with van der Waals surface area (Å²) in [4.78, 5) is 0. The topological polar surface area (TPSA) is 43.8 Å². The van der Waals surface area contributed by atoms with Crippen LogP contribution in [0.4, 0.5) is 0 Å². The molecule has 0 spiro atoms. The van der Waals surface area contributed by atoms with Crippen molar-refractivity contribution in [2.45, 2.75) is 6.54 Å². The molecule has 0 amide bonds. The van der Waals surface area contributed by atoms with Crippen LogP contribution < -0.4 is 5.73 Å². The number of halogens is 2. The van der Waals surface area contributed by atoms with Crippen LogP contribution >= 0.6 is 23.2 Å². The first-order valence-electron chi connectivity index (χ1n) is 4.40. The molecule has 0 aliphatic carbocycles. The van der Waals surface area contributed by atoms with Crippen molar-refractivity contribution in [3.63, 3.8) is 0 Å². The Morgan fingerprint density at radius 3 is 2.40 bits per heavy atom. The van der Waals surface area contributed by atoms with Gasteiger partial charge in [0.15, 0.2) is 0 Å². The summed E-state index contributed by atoms with van der Waals surface area (Å²) in [7, 11) is 0. The van der Waals surface area contributed by atoms with E-state index in [9.17, 15) is 0 Å². The van der Waals surface area contributed by atoms with Crippen LogP contribution in [0.5, 0.6) is 0 Å². The summed E-state index contributed by atoms with van der Waals surface area (Å²) in [5.41, 5.74) is 7.12. The highest BCUT2D eigenvalue weighted by Crippen LogP contribution is 2.21. The Morgan fingerprint density at radius 2 is 1.87 bits per heavy atom. The van der Waals surface area contributed by atoms with Crippen LogP contribution in [0.2, 0.25) is 10.0 Å². The Balaban J connectivity index is 2.44. The molecule has 1 aromatic carbocycles. The van der Waals surface area contributed by atoms with Crippen LogP contribution in [0.25, 0.3) is 5.69 Å². The largest absolute Gasteiger partial charge is 0.325 e. The SMILES string of the molecule is NCc1ccn(-c2cc(Cl)cc(Cl)c2)n1. The standard InChI is InChI=1S/C10H9Cl2N3/c11-7-3-8(12)5-10(4-7)15-2-1-9(6-13)14-15/h1-5H,6,13H2. The fourth-order valence-electron chi connectivity index (χ4n) is 1.29. The lowest BCUT2D eigenvalue weighted by molar-refractivity contribution is 0.834. The van der Waals surface area contributed by atoms with E-state index in [4.69, 9.17) is 28.9 Å². The molecule has 0 radical (unpaired) electrons. The van der Waals surface area contributed by atoms with Crippen LogP contribution in [-0.4, -0.2) is 9.78 Å². The van der Waals surface area contributed by atoms with Gasteiger partial charge in [0.1, 0.15) is 0 Å². The average Bonchev–Trinajstić information content (AvgIpc) is 2.64. The van der Waals surface area contributed by atoms with Gasteiger partial charge in [-0.3, -0.25) is 0 Å². The van der Waals surface area contributed by atoms with Gasteiger partial charge in [-0.2, -0.15) is 5.10 Å². The summed E-state index contributed by atoms with van der Waals surface area (Å²) in [5, 5.41) is 5.43. The fourth-order valence-corrected chi connectivity index (χ4v) is 1.80. The Kier molecular flexibility index (Phi) is 2.95. The van der Waals surface area contributed by atoms with Crippen molar-refractivity contribution in [3.05, 3.63) is 46.2 Å². The molecule has 0 saturated carbocycles. The summed E-state index contributed by atoms with van der Waals surface area (Å²) < 4.78 is 1.69. The molecule has 5 heteroatoms. The van der Waals surface area contributed by atoms with E-state index in [2.05, 4.69) is 5.10 Å². The van der Waals surface area contributed by atoms with Gasteiger partial charge in [-0.1, -0.05) is 23.2 Å². The number of nitrogens with two attached hydrogens (primary N) is 1. The molecular formula is C10H9Cl2N3. The Morgan fingerprint density at radius 1 is 1.20 bits per heavy atom. The van der Waals surface area contributed by atoms with Crippen LogP contribution in [0.3, 0.4) is 0 Å². The highest BCUT2D eigenvalue weighted by molar-refractivity contribution is 6.34. The quantitative estimate of drug-likeness (QED) is 0.879. The second-order valence-corrected chi connectivity index (χ2v) is 3.96. The van der Waals surface area contributed by atoms with Gasteiger partial charge in [-0.25, -0.2) is 4.68 Å². The maximum Gasteiger partial charge on any atom is 0.0764 e. The summed E-state index contributed by atoms with van der Waals surface area (Å²) in [5.74, 6) is 0. The second-order valence-electron chi connectivity index (χ2n) is 3.08. The molecule has 1 heterocycles. The maximum absolute atomic E-state index is 5.89. The highest BCUT2D eigenvalue weighted by Gasteiger charge is 2.02. The molecule has 0 aliphatic heterocycles. The van der Waals surface area contributed by atoms with Crippen molar-refractivity contribution in [2.75, 3.05) is 0 Å². The van der Waals surface area contributed by atoms with Gasteiger partial charge in [0.2, 0.25) is 0 Å². The molecule has 0 bridgehead atoms. The van der Waals surface area contributed by atoms with Gasteiger partial charge in [-0.05, 0) is 24.3 Å². The van der Waals surface area contributed by atoms with Gasteiger partial charge < -0.3 is 5.73 Å². The number of aromatic nitrogens is 2. The first-order valence-corrected chi connectivity index (χ1v) is 5.16. The van der Waals surface area contributed by atoms with Crippen molar-refractivity contribution in [3.8, 4) is 5.69 Å². The first-order chi connectivity index (χ1) is 7.19. The van der Waals surface area contributed by atoms with Gasteiger partial charge in [0.25, 0.3) is 0 Å². The number of rotatable bonds is 2. The Hall–Kier alpha value is -1.03. The normalized spacial score (nSPS) is 10.6. The van der Waals surface area contributed by atoms with Crippen molar-refractivity contribution in [1.29, 1.82) is 0 Å². The lowest BCUT2D eigenvalue weighted by Gasteiger charge is -2.02. The highest BCUT2D eigenvalue weighted by atomic mass is 35.5. The monoisotopic (exact) mass is 241 g/mol. The number of hydrogen-bond donors (Lipinski definition) is 1. The third-order valence-corrected chi connectivity index (χ3v) is 2.40. The molecule has 0 atom stereocenters. The third kappa shape index (κ3) is 2.31. The van der Waals surface area contributed by atoms with Crippen LogP contribution in [-0.2, 0) is 6.54 Å². The van der Waals surface area contributed by atoms with Crippen molar-refractivity contribution in [1.82, 2.24) is 9.78 Å². The zero-order valence-electron chi connectivity index (χ0n) is 7.82. The van der Waals surface area contributed by atoms with Gasteiger partial charge in [0, 0.05) is 22.8 Å². The van der Waals surface area contributed by atoms with E-state index >= 15 is 0 Å². The average molecular weight is 242 g/mol. The predicted octanol–water partition coefficient (Wildman–Crippen LogP) is 2.64. The zero-order valence-corrected chi connectivity index (χ0v) is 9.33. The minimum atomic E-state index is 0.418. The zero-order chi connectivity index (χ0) is 10.8. The van der Waals surface area contributed by atoms with Gasteiger partial charge in [0.05, 0.1) is 11.4 Å². The molecule has 2 rings (SSSR count). The molecular weight excluding hydrogens is 233 g/mol. The fraction of sp³-hybridized carbons (Fsp3) is 0.100. The number of nitrogens with zero attached hydrogens (tertiary/aromatic N) is 2. The Labute approximate surface area is 97.4 Å². The molecule has 78 valence electrons. The van der Waals surface area contributed by atoms with E-state index in [1.54, 1.807) is 22.9 Å². The molecule has 0 fully saturated rings. The summed E-state index contributed by atoms with van der Waals surface area (Å²) in [6.07, 6.45) is 1.82. The number of hydrogen-bond acceptors (Lipinski definition) is 2. The molecule has 2 aromatic rings. The summed E-state index contributed by atoms with van der Waals surface area (Å²) in [6.45, 7) is 0.418. The molecule has 3 nitrogen and oxygen atoms in total. The van der Waals surface area contributed by atoms with E-state index in [0.29, 0.717) is 16.6 Å².